The van der Waals surface area contributed by atoms with Gasteiger partial charge in [0.05, 0.1) is 11.4 Å². The number of amides is 2. The maximum absolute atomic E-state index is 13.2. The fraction of sp³-hybridized carbons (Fsp3) is 0.350. The summed E-state index contributed by atoms with van der Waals surface area (Å²) in [5.74, 6) is 0. The van der Waals surface area contributed by atoms with Gasteiger partial charge in [0.2, 0.25) is 0 Å². The summed E-state index contributed by atoms with van der Waals surface area (Å²) in [6.07, 6.45) is 2.85. The van der Waals surface area contributed by atoms with Gasteiger partial charge in [-0.15, -0.1) is 0 Å². The number of para-hydroxylation sites is 1. The summed E-state index contributed by atoms with van der Waals surface area (Å²) in [6, 6.07) is 11.7. The quantitative estimate of drug-likeness (QED) is 0.719. The summed E-state index contributed by atoms with van der Waals surface area (Å²) >= 11 is 0. The minimum atomic E-state index is -3.95. The zero-order valence-electron chi connectivity index (χ0n) is 15.4. The minimum absolute atomic E-state index is 0.178. The lowest BCUT2D eigenvalue weighted by Crippen LogP contribution is -2.51. The van der Waals surface area contributed by atoms with Crippen LogP contribution >= 0.6 is 0 Å². The van der Waals surface area contributed by atoms with E-state index in [1.807, 2.05) is 26.0 Å². The van der Waals surface area contributed by atoms with Crippen LogP contribution in [-0.4, -0.2) is 21.0 Å². The summed E-state index contributed by atoms with van der Waals surface area (Å²) < 4.78 is 27.4. The van der Waals surface area contributed by atoms with Gasteiger partial charge in [-0.25, -0.2) is 13.2 Å². The Morgan fingerprint density at radius 1 is 0.962 bits per heavy atom. The first-order chi connectivity index (χ1) is 12.4. The number of aryl methyl sites for hydroxylation is 2. The van der Waals surface area contributed by atoms with E-state index in [4.69, 9.17) is 0 Å². The van der Waals surface area contributed by atoms with E-state index in [2.05, 4.69) is 6.92 Å². The molecule has 2 aromatic carbocycles. The van der Waals surface area contributed by atoms with Crippen molar-refractivity contribution in [3.63, 3.8) is 0 Å². The van der Waals surface area contributed by atoms with Crippen molar-refractivity contribution >= 4 is 27.4 Å². The Balaban J connectivity index is 2.17. The van der Waals surface area contributed by atoms with Crippen LogP contribution in [0.3, 0.4) is 0 Å². The summed E-state index contributed by atoms with van der Waals surface area (Å²) in [5, 5.41) is 0. The summed E-state index contributed by atoms with van der Waals surface area (Å²) in [5.41, 5.74) is 2.55. The van der Waals surface area contributed by atoms with Gasteiger partial charge in [0.15, 0.2) is 0 Å². The number of sulfonamides is 1. The van der Waals surface area contributed by atoms with Crippen molar-refractivity contribution < 1.29 is 13.2 Å². The molecule has 1 aliphatic rings. The second-order valence-corrected chi connectivity index (χ2v) is 8.42. The van der Waals surface area contributed by atoms with Gasteiger partial charge in [-0.2, -0.15) is 4.31 Å². The SMILES string of the molecule is CCCCCN1C(=O)N(c2cc(C)ccc2C)S(=O)(=O)c2ccccc21. The van der Waals surface area contributed by atoms with Crippen molar-refractivity contribution in [1.29, 1.82) is 0 Å². The second kappa shape index (κ2) is 7.11. The number of carbonyl (C=O) groups is 1. The number of rotatable bonds is 5. The summed E-state index contributed by atoms with van der Waals surface area (Å²) in [6.45, 7) is 6.30. The number of fused-ring (bicyclic) bond motifs is 1. The molecule has 26 heavy (non-hydrogen) atoms. The lowest BCUT2D eigenvalue weighted by atomic mass is 10.1. The van der Waals surface area contributed by atoms with Gasteiger partial charge < -0.3 is 0 Å². The third-order valence-corrected chi connectivity index (χ3v) is 6.38. The van der Waals surface area contributed by atoms with Crippen LogP contribution in [0.25, 0.3) is 0 Å². The Morgan fingerprint density at radius 3 is 2.42 bits per heavy atom. The molecule has 1 aliphatic heterocycles. The van der Waals surface area contributed by atoms with E-state index in [1.165, 1.54) is 0 Å². The van der Waals surface area contributed by atoms with Gasteiger partial charge in [0.25, 0.3) is 10.0 Å². The van der Waals surface area contributed by atoms with Crippen LogP contribution in [0.15, 0.2) is 47.4 Å². The Morgan fingerprint density at radius 2 is 1.69 bits per heavy atom. The maximum Gasteiger partial charge on any atom is 0.343 e. The molecule has 2 aromatic rings. The molecule has 0 aliphatic carbocycles. The van der Waals surface area contributed by atoms with Crippen LogP contribution in [0.5, 0.6) is 0 Å². The molecule has 138 valence electrons. The van der Waals surface area contributed by atoms with E-state index in [1.54, 1.807) is 35.2 Å². The molecule has 0 fully saturated rings. The lowest BCUT2D eigenvalue weighted by Gasteiger charge is -2.36. The van der Waals surface area contributed by atoms with Crippen molar-refractivity contribution in [3.8, 4) is 0 Å². The van der Waals surface area contributed by atoms with Crippen molar-refractivity contribution in [2.24, 2.45) is 0 Å². The van der Waals surface area contributed by atoms with E-state index < -0.39 is 16.1 Å². The molecule has 0 saturated carbocycles. The number of nitrogens with zero attached hydrogens (tertiary/aromatic N) is 2. The zero-order valence-corrected chi connectivity index (χ0v) is 16.2. The molecule has 0 spiro atoms. The third-order valence-electron chi connectivity index (χ3n) is 4.65. The number of hydrogen-bond acceptors (Lipinski definition) is 3. The molecular weight excluding hydrogens is 348 g/mol. The van der Waals surface area contributed by atoms with Crippen LogP contribution in [0, 0.1) is 13.8 Å². The van der Waals surface area contributed by atoms with Crippen LogP contribution in [0.1, 0.15) is 37.3 Å². The first kappa shape index (κ1) is 18.5. The third kappa shape index (κ3) is 3.09. The van der Waals surface area contributed by atoms with Gasteiger partial charge in [-0.3, -0.25) is 4.90 Å². The number of urea groups is 1. The van der Waals surface area contributed by atoms with E-state index in [-0.39, 0.29) is 4.90 Å². The second-order valence-electron chi connectivity index (χ2n) is 6.67. The number of unbranched alkanes of at least 4 members (excludes halogenated alkanes) is 2. The number of benzene rings is 2. The largest absolute Gasteiger partial charge is 0.343 e. The van der Waals surface area contributed by atoms with Crippen molar-refractivity contribution in [2.45, 2.75) is 44.9 Å². The zero-order chi connectivity index (χ0) is 18.9. The molecule has 0 N–H and O–H groups in total. The van der Waals surface area contributed by atoms with Gasteiger partial charge >= 0.3 is 6.03 Å². The molecule has 6 heteroatoms. The maximum atomic E-state index is 13.2. The van der Waals surface area contributed by atoms with E-state index in [0.29, 0.717) is 17.9 Å². The molecule has 3 rings (SSSR count). The van der Waals surface area contributed by atoms with Gasteiger partial charge in [-0.1, -0.05) is 44.0 Å². The minimum Gasteiger partial charge on any atom is -0.292 e. The van der Waals surface area contributed by atoms with Gasteiger partial charge in [0.1, 0.15) is 4.90 Å². The van der Waals surface area contributed by atoms with Crippen molar-refractivity contribution in [3.05, 3.63) is 53.6 Å². The number of hydrogen-bond donors (Lipinski definition) is 0. The van der Waals surface area contributed by atoms with Crippen molar-refractivity contribution in [1.82, 2.24) is 0 Å². The predicted molar refractivity (Wildman–Crippen MR) is 104 cm³/mol. The number of anilines is 2. The average molecular weight is 372 g/mol. The first-order valence-corrected chi connectivity index (χ1v) is 10.3. The molecule has 0 bridgehead atoms. The van der Waals surface area contributed by atoms with E-state index in [9.17, 15) is 13.2 Å². The van der Waals surface area contributed by atoms with Gasteiger partial charge in [0, 0.05) is 6.54 Å². The summed E-state index contributed by atoms with van der Waals surface area (Å²) in [4.78, 5) is 15.0. The smallest absolute Gasteiger partial charge is 0.292 e. The molecule has 0 atom stereocenters. The molecule has 5 nitrogen and oxygen atoms in total. The fourth-order valence-electron chi connectivity index (χ4n) is 3.22. The molecule has 1 heterocycles. The lowest BCUT2D eigenvalue weighted by molar-refractivity contribution is 0.253. The van der Waals surface area contributed by atoms with E-state index in [0.717, 1.165) is 34.7 Å². The number of carbonyl (C=O) groups excluding carboxylic acids is 1. The highest BCUT2D eigenvalue weighted by molar-refractivity contribution is 7.94. The Hall–Kier alpha value is -2.34. The van der Waals surface area contributed by atoms with Crippen LogP contribution in [0.2, 0.25) is 0 Å². The molecule has 0 aromatic heterocycles. The van der Waals surface area contributed by atoms with Crippen LogP contribution < -0.4 is 9.21 Å². The van der Waals surface area contributed by atoms with Crippen LogP contribution in [0.4, 0.5) is 16.2 Å². The van der Waals surface area contributed by atoms with Gasteiger partial charge in [-0.05, 0) is 49.6 Å². The summed E-state index contributed by atoms with van der Waals surface area (Å²) in [7, 11) is -3.95. The molecule has 0 unspecified atom stereocenters. The van der Waals surface area contributed by atoms with Crippen LogP contribution in [-0.2, 0) is 10.0 Å². The molecule has 0 saturated heterocycles. The first-order valence-electron chi connectivity index (χ1n) is 8.91. The highest BCUT2D eigenvalue weighted by Gasteiger charge is 2.42. The topological polar surface area (TPSA) is 57.7 Å². The molecule has 2 amide bonds. The highest BCUT2D eigenvalue weighted by atomic mass is 32.2. The molecular formula is C20H24N2O3S. The Bertz CT molecular complexity index is 938. The predicted octanol–water partition coefficient (Wildman–Crippen LogP) is 4.63. The Kier molecular flexibility index (Phi) is 5.05. The monoisotopic (exact) mass is 372 g/mol. The van der Waals surface area contributed by atoms with E-state index >= 15 is 0 Å². The highest BCUT2D eigenvalue weighted by Crippen LogP contribution is 2.38. The fourth-order valence-corrected chi connectivity index (χ4v) is 4.87. The normalized spacial score (nSPS) is 15.9. The Labute approximate surface area is 155 Å². The average Bonchev–Trinajstić information content (AvgIpc) is 2.61. The standard InChI is InChI=1S/C20H24N2O3S/c1-4-5-8-13-21-17-9-6-7-10-19(17)26(24,25)22(20(21)23)18-14-15(2)11-12-16(18)3/h6-7,9-12,14H,4-5,8,13H2,1-3H3. The van der Waals surface area contributed by atoms with Crippen molar-refractivity contribution in [2.75, 3.05) is 15.7 Å². The molecule has 0 radical (unpaired) electrons.